The standard InChI is InChI=1S/C18H19F5N4OS2/c1-27-11-18(24-12-27)16-10-14(29-25-8-9-28)4-7-17(16)26-13-2-5-15(6-3-13)30(19,20,21,22)23/h2-7,10-12,25-26,28H,8-9H2,1H3. The zero-order valence-electron chi connectivity index (χ0n) is 15.7. The van der Waals surface area contributed by atoms with E-state index < -0.39 is 15.1 Å². The zero-order chi connectivity index (χ0) is 22.1. The van der Waals surface area contributed by atoms with Crippen molar-refractivity contribution in [1.29, 1.82) is 0 Å². The van der Waals surface area contributed by atoms with Gasteiger partial charge in [-0.3, -0.25) is 4.72 Å². The summed E-state index contributed by atoms with van der Waals surface area (Å²) in [7, 11) is -7.92. The van der Waals surface area contributed by atoms with Gasteiger partial charge in [-0.2, -0.15) is 0 Å². The summed E-state index contributed by atoms with van der Waals surface area (Å²) >= 11 is 1.30. The molecule has 0 atom stereocenters. The second-order valence-corrected chi connectivity index (χ2v) is 9.84. The Labute approximate surface area is 174 Å². The number of anilines is 2. The van der Waals surface area contributed by atoms with E-state index >= 15 is 0 Å². The summed E-state index contributed by atoms with van der Waals surface area (Å²) in [4.78, 5) is 3.19. The van der Waals surface area contributed by atoms with Gasteiger partial charge in [0.15, 0.2) is 0 Å². The highest BCUT2D eigenvalue weighted by atomic mass is 32.5. The van der Waals surface area contributed by atoms with Crippen molar-refractivity contribution in [2.45, 2.75) is 9.79 Å². The van der Waals surface area contributed by atoms with Crippen LogP contribution in [0.15, 0.2) is 64.8 Å². The molecule has 12 heteroatoms. The molecule has 0 saturated carbocycles. The smallest absolute Gasteiger partial charge is 0.310 e. The van der Waals surface area contributed by atoms with E-state index in [0.717, 1.165) is 17.0 Å². The molecule has 2 aromatic carbocycles. The normalized spacial score (nSPS) is 14.2. The minimum Gasteiger partial charge on any atom is -0.395 e. The first-order valence-corrected chi connectivity index (χ1v) is 11.4. The van der Waals surface area contributed by atoms with Crippen LogP contribution < -0.4 is 10.0 Å². The van der Waals surface area contributed by atoms with Crippen molar-refractivity contribution in [2.24, 2.45) is 7.05 Å². The van der Waals surface area contributed by atoms with Crippen molar-refractivity contribution >= 4 is 33.5 Å². The third-order valence-electron chi connectivity index (χ3n) is 3.95. The van der Waals surface area contributed by atoms with Crippen LogP contribution in [-0.4, -0.2) is 27.8 Å². The monoisotopic (exact) mass is 466 g/mol. The molecule has 0 unspecified atom stereocenters. The van der Waals surface area contributed by atoms with Crippen molar-refractivity contribution in [1.82, 2.24) is 14.3 Å². The zero-order valence-corrected chi connectivity index (χ0v) is 17.3. The Balaban J connectivity index is 1.91. The lowest BCUT2D eigenvalue weighted by Crippen LogP contribution is -2.08. The topological polar surface area (TPSA) is 62.1 Å². The van der Waals surface area contributed by atoms with Gasteiger partial charge in [0.05, 0.1) is 18.6 Å². The lowest BCUT2D eigenvalue weighted by Gasteiger charge is -2.40. The Bertz CT molecular complexity index is 1040. The molecule has 0 spiro atoms. The molecule has 1 heterocycles. The van der Waals surface area contributed by atoms with Crippen LogP contribution in [0.2, 0.25) is 0 Å². The van der Waals surface area contributed by atoms with Gasteiger partial charge in [0.1, 0.15) is 4.90 Å². The first kappa shape index (κ1) is 22.4. The van der Waals surface area contributed by atoms with Gasteiger partial charge in [0.25, 0.3) is 0 Å². The van der Waals surface area contributed by atoms with E-state index in [0.29, 0.717) is 35.6 Å². The Morgan fingerprint density at radius 1 is 1.07 bits per heavy atom. The first-order valence-electron chi connectivity index (χ1n) is 8.60. The van der Waals surface area contributed by atoms with Gasteiger partial charge in [-0.15, -0.1) is 0 Å². The number of aliphatic hydroxyl groups excluding tert-OH is 1. The van der Waals surface area contributed by atoms with E-state index in [-0.39, 0.29) is 12.3 Å². The minimum atomic E-state index is -9.71. The third kappa shape index (κ3) is 5.65. The summed E-state index contributed by atoms with van der Waals surface area (Å²) in [5.74, 6) is 0. The van der Waals surface area contributed by atoms with Crippen LogP contribution in [0, 0.1) is 0 Å². The molecular weight excluding hydrogens is 447 g/mol. The fraction of sp³-hybridized carbons (Fsp3) is 0.167. The lowest BCUT2D eigenvalue weighted by molar-refractivity contribution is 0.302. The third-order valence-corrected chi connectivity index (χ3v) is 5.96. The first-order chi connectivity index (χ1) is 13.9. The van der Waals surface area contributed by atoms with Crippen molar-refractivity contribution in [3.63, 3.8) is 0 Å². The summed E-state index contributed by atoms with van der Waals surface area (Å²) in [5.41, 5.74) is 2.05. The summed E-state index contributed by atoms with van der Waals surface area (Å²) in [6.45, 7) is 0.372. The average Bonchev–Trinajstić information content (AvgIpc) is 3.08. The molecular formula is C18H19F5N4OS2. The van der Waals surface area contributed by atoms with E-state index in [9.17, 15) is 19.4 Å². The molecule has 3 N–H and O–H groups in total. The maximum absolute atomic E-state index is 12.9. The van der Waals surface area contributed by atoms with Crippen LogP contribution in [-0.2, 0) is 7.05 Å². The number of aryl methyl sites for hydroxylation is 1. The number of benzene rings is 2. The molecule has 0 fully saturated rings. The number of nitrogens with one attached hydrogen (secondary N) is 2. The Morgan fingerprint density at radius 3 is 2.33 bits per heavy atom. The number of rotatable bonds is 8. The predicted octanol–water partition coefficient (Wildman–Crippen LogP) is 6.08. The fourth-order valence-corrected chi connectivity index (χ4v) is 3.91. The molecule has 0 aliphatic heterocycles. The number of imidazole rings is 1. The average molecular weight is 467 g/mol. The van der Waals surface area contributed by atoms with Crippen molar-refractivity contribution in [2.75, 3.05) is 18.5 Å². The van der Waals surface area contributed by atoms with Gasteiger partial charge in [0.2, 0.25) is 0 Å². The molecule has 5 nitrogen and oxygen atoms in total. The number of halogens is 5. The van der Waals surface area contributed by atoms with Gasteiger partial charge >= 0.3 is 10.2 Å². The van der Waals surface area contributed by atoms with Crippen LogP contribution in [0.5, 0.6) is 0 Å². The van der Waals surface area contributed by atoms with Gasteiger partial charge < -0.3 is 15.0 Å². The van der Waals surface area contributed by atoms with Gasteiger partial charge in [0, 0.05) is 41.6 Å². The van der Waals surface area contributed by atoms with E-state index in [1.54, 1.807) is 36.3 Å². The summed E-state index contributed by atoms with van der Waals surface area (Å²) in [5, 5.41) is 11.8. The SMILES string of the molecule is Cn1cnc(-c2cc(SNCCO)ccc2Nc2ccc(S(F)(F)(F)(F)F)cc2)c1. The maximum Gasteiger partial charge on any atom is 0.310 e. The number of aliphatic hydroxyl groups is 1. The van der Waals surface area contributed by atoms with Crippen molar-refractivity contribution < 1.29 is 24.5 Å². The molecule has 0 saturated heterocycles. The highest BCUT2D eigenvalue weighted by molar-refractivity contribution is 8.45. The largest absolute Gasteiger partial charge is 0.395 e. The van der Waals surface area contributed by atoms with Crippen LogP contribution in [0.4, 0.5) is 30.8 Å². The number of nitrogens with zero attached hydrogens (tertiary/aromatic N) is 2. The molecule has 1 aromatic heterocycles. The Hall–Kier alpha value is -2.28. The van der Waals surface area contributed by atoms with Gasteiger partial charge in [-0.1, -0.05) is 19.4 Å². The lowest BCUT2D eigenvalue weighted by atomic mass is 10.1. The second-order valence-electron chi connectivity index (χ2n) is 6.47. The molecule has 0 bridgehead atoms. The molecule has 3 aromatic rings. The van der Waals surface area contributed by atoms with Gasteiger partial charge in [-0.05, 0) is 54.4 Å². The number of hydrogen-bond acceptors (Lipinski definition) is 5. The molecule has 0 amide bonds. The van der Waals surface area contributed by atoms with Crippen LogP contribution in [0.3, 0.4) is 0 Å². The Kier molecular flexibility index (Phi) is 5.56. The summed E-state index contributed by atoms with van der Waals surface area (Å²) in [6.07, 6.45) is 3.37. The molecule has 0 radical (unpaired) electrons. The maximum atomic E-state index is 12.9. The number of hydrogen-bond donors (Lipinski definition) is 3. The minimum absolute atomic E-state index is 0.0191. The number of aromatic nitrogens is 2. The molecule has 30 heavy (non-hydrogen) atoms. The summed E-state index contributed by atoms with van der Waals surface area (Å²) < 4.78 is 69.3. The highest BCUT2D eigenvalue weighted by Gasteiger charge is 2.65. The molecule has 164 valence electrons. The predicted molar refractivity (Wildman–Crippen MR) is 111 cm³/mol. The second kappa shape index (κ2) is 7.45. The van der Waals surface area contributed by atoms with Crippen LogP contribution in [0.25, 0.3) is 11.3 Å². The van der Waals surface area contributed by atoms with Gasteiger partial charge in [-0.25, -0.2) is 4.98 Å². The summed E-state index contributed by atoms with van der Waals surface area (Å²) in [6, 6.07) is 7.96. The highest BCUT2D eigenvalue weighted by Crippen LogP contribution is 3.02. The van der Waals surface area contributed by atoms with Crippen molar-refractivity contribution in [3.8, 4) is 11.3 Å². The molecule has 0 aliphatic carbocycles. The van der Waals surface area contributed by atoms with E-state index in [1.165, 1.54) is 11.9 Å². The van der Waals surface area contributed by atoms with Crippen molar-refractivity contribution in [3.05, 3.63) is 55.0 Å². The van der Waals surface area contributed by atoms with Crippen LogP contribution in [0.1, 0.15) is 0 Å². The van der Waals surface area contributed by atoms with E-state index in [2.05, 4.69) is 15.0 Å². The fourth-order valence-electron chi connectivity index (χ4n) is 2.59. The quantitative estimate of drug-likeness (QED) is 0.213. The molecule has 3 rings (SSSR count). The van der Waals surface area contributed by atoms with Crippen LogP contribution >= 0.6 is 22.2 Å². The van der Waals surface area contributed by atoms with E-state index in [4.69, 9.17) is 5.11 Å². The van der Waals surface area contributed by atoms with E-state index in [1.807, 2.05) is 6.07 Å². The molecule has 0 aliphatic rings. The Morgan fingerprint density at radius 2 is 1.77 bits per heavy atom.